The Labute approximate surface area is 208 Å². The minimum absolute atomic E-state index is 0.0543. The van der Waals surface area contributed by atoms with Crippen LogP contribution in [0.2, 0.25) is 0 Å². The second-order valence-corrected chi connectivity index (χ2v) is 8.75. The van der Waals surface area contributed by atoms with Gasteiger partial charge in [0.25, 0.3) is 0 Å². The van der Waals surface area contributed by atoms with Gasteiger partial charge in [-0.15, -0.1) is 0 Å². The largest absolute Gasteiger partial charge is 0.460 e. The highest BCUT2D eigenvalue weighted by Gasteiger charge is 2.95. The number of hydrogen-bond acceptors (Lipinski definition) is 0. The van der Waals surface area contributed by atoms with Crippen LogP contribution in [0.25, 0.3) is 10.8 Å². The third kappa shape index (κ3) is 4.47. The van der Waals surface area contributed by atoms with Gasteiger partial charge in [-0.05, 0) is 28.8 Å². The molecule has 0 N–H and O–H groups in total. The van der Waals surface area contributed by atoms with Crippen molar-refractivity contribution in [3.8, 4) is 0 Å². The van der Waals surface area contributed by atoms with E-state index in [0.29, 0.717) is 4.47 Å². The lowest BCUT2D eigenvalue weighted by molar-refractivity contribution is -0.461. The first-order chi connectivity index (χ1) is 16.7. The number of fused-ring (bicyclic) bond motifs is 1. The Morgan fingerprint density at radius 3 is 1.32 bits per heavy atom. The molecule has 0 bridgehead atoms. The SMILES string of the molecule is FC(F)(F)C(F)(F)C(F)(F)C(F)(F)C(F)(F)C(F)(F)C(F)(F)C(F)(F)CCc1ccc(Br)c2ccccc12. The lowest BCUT2D eigenvalue weighted by atomic mass is 9.87. The molecule has 0 aliphatic heterocycles. The second-order valence-electron chi connectivity index (χ2n) is 7.90. The molecule has 0 heterocycles. The smallest absolute Gasteiger partial charge is 0.200 e. The molecule has 0 radical (unpaired) electrons. The molecule has 0 saturated heterocycles. The second kappa shape index (κ2) is 9.28. The van der Waals surface area contributed by atoms with Crippen LogP contribution in [0.3, 0.4) is 0 Å². The molecule has 0 fully saturated rings. The molecule has 0 aromatic heterocycles. The average Bonchev–Trinajstić information content (AvgIpc) is 2.77. The molecule has 0 amide bonds. The fourth-order valence-corrected chi connectivity index (χ4v) is 3.67. The molecule has 2 aromatic rings. The minimum atomic E-state index is -8.62. The Morgan fingerprint density at radius 2 is 0.868 bits per heavy atom. The third-order valence-corrected chi connectivity index (χ3v) is 6.15. The number of hydrogen-bond donors (Lipinski definition) is 0. The maximum Gasteiger partial charge on any atom is 0.460 e. The summed E-state index contributed by atoms with van der Waals surface area (Å²) >= 11 is 3.06. The van der Waals surface area contributed by atoms with Crippen LogP contribution >= 0.6 is 15.9 Å². The molecular formula is C20H10BrF17. The molecule has 2 aromatic carbocycles. The van der Waals surface area contributed by atoms with Gasteiger partial charge in [-0.2, -0.15) is 74.6 Å². The number of rotatable bonds is 9. The fraction of sp³-hybridized carbons (Fsp3) is 0.500. The van der Waals surface area contributed by atoms with Crippen LogP contribution in [0, 0.1) is 0 Å². The first kappa shape index (κ1) is 32.2. The summed E-state index contributed by atoms with van der Waals surface area (Å²) in [5, 5.41) is 0.322. The van der Waals surface area contributed by atoms with Gasteiger partial charge in [0.15, 0.2) is 0 Å². The van der Waals surface area contributed by atoms with E-state index in [0.717, 1.165) is 6.07 Å². The van der Waals surface area contributed by atoms with E-state index >= 15 is 0 Å². The van der Waals surface area contributed by atoms with E-state index < -0.39 is 60.5 Å². The van der Waals surface area contributed by atoms with Crippen molar-refractivity contribution in [3.63, 3.8) is 0 Å². The summed E-state index contributed by atoms with van der Waals surface area (Å²) in [4.78, 5) is 0. The summed E-state index contributed by atoms with van der Waals surface area (Å²) < 4.78 is 228. The van der Waals surface area contributed by atoms with Crippen molar-refractivity contribution in [2.45, 2.75) is 60.5 Å². The fourth-order valence-electron chi connectivity index (χ4n) is 3.19. The van der Waals surface area contributed by atoms with Crippen LogP contribution in [-0.4, -0.2) is 47.6 Å². The number of halogens is 18. The normalized spacial score (nSPS) is 15.3. The Morgan fingerprint density at radius 1 is 0.474 bits per heavy atom. The highest BCUT2D eigenvalue weighted by Crippen LogP contribution is 2.64. The zero-order valence-electron chi connectivity index (χ0n) is 17.7. The molecule has 0 unspecified atom stereocenters. The summed E-state index contributed by atoms with van der Waals surface area (Å²) in [6, 6.07) is 7.54. The topological polar surface area (TPSA) is 0 Å². The maximum atomic E-state index is 14.2. The lowest BCUT2D eigenvalue weighted by Gasteiger charge is -2.42. The Balaban J connectivity index is 2.50. The van der Waals surface area contributed by atoms with Crippen LogP contribution in [-0.2, 0) is 6.42 Å². The highest BCUT2D eigenvalue weighted by atomic mass is 79.9. The first-order valence-electron chi connectivity index (χ1n) is 9.60. The van der Waals surface area contributed by atoms with E-state index in [1.807, 2.05) is 0 Å². The van der Waals surface area contributed by atoms with E-state index in [2.05, 4.69) is 15.9 Å². The minimum Gasteiger partial charge on any atom is -0.200 e. The molecule has 2 rings (SSSR count). The van der Waals surface area contributed by atoms with Gasteiger partial charge < -0.3 is 0 Å². The molecule has 0 atom stereocenters. The van der Waals surface area contributed by atoms with Gasteiger partial charge in [-0.3, -0.25) is 0 Å². The molecule has 0 aliphatic rings. The van der Waals surface area contributed by atoms with Crippen molar-refractivity contribution < 1.29 is 74.6 Å². The van der Waals surface area contributed by atoms with Crippen LogP contribution in [0.15, 0.2) is 40.9 Å². The van der Waals surface area contributed by atoms with Crippen molar-refractivity contribution in [2.24, 2.45) is 0 Å². The van der Waals surface area contributed by atoms with Gasteiger partial charge >= 0.3 is 47.6 Å². The van der Waals surface area contributed by atoms with Crippen molar-refractivity contribution in [2.75, 3.05) is 0 Å². The average molecular weight is 653 g/mol. The van der Waals surface area contributed by atoms with Crippen molar-refractivity contribution in [1.82, 2.24) is 0 Å². The monoisotopic (exact) mass is 652 g/mol. The number of benzene rings is 2. The van der Waals surface area contributed by atoms with Crippen LogP contribution < -0.4 is 0 Å². The first-order valence-corrected chi connectivity index (χ1v) is 10.4. The molecule has 0 saturated carbocycles. The van der Waals surface area contributed by atoms with E-state index in [4.69, 9.17) is 0 Å². The predicted molar refractivity (Wildman–Crippen MR) is 101 cm³/mol. The third-order valence-electron chi connectivity index (χ3n) is 5.46. The molecule has 18 heteroatoms. The van der Waals surface area contributed by atoms with Gasteiger partial charge in [0, 0.05) is 10.9 Å². The highest BCUT2D eigenvalue weighted by molar-refractivity contribution is 9.10. The summed E-state index contributed by atoms with van der Waals surface area (Å²) in [5.41, 5.74) is -0.281. The van der Waals surface area contributed by atoms with Gasteiger partial charge in [0.2, 0.25) is 0 Å². The van der Waals surface area contributed by atoms with Gasteiger partial charge in [-0.1, -0.05) is 46.3 Å². The summed E-state index contributed by atoms with van der Waals surface area (Å²) in [6.45, 7) is 0. The van der Waals surface area contributed by atoms with Crippen molar-refractivity contribution in [1.29, 1.82) is 0 Å². The van der Waals surface area contributed by atoms with Crippen LogP contribution in [0.1, 0.15) is 12.0 Å². The number of aryl methyl sites for hydroxylation is 1. The molecular weight excluding hydrogens is 643 g/mol. The quantitative estimate of drug-likeness (QED) is 0.237. The Hall–Kier alpha value is -2.01. The molecule has 0 spiro atoms. The molecule has 0 aliphatic carbocycles. The molecule has 0 nitrogen and oxygen atoms in total. The van der Waals surface area contributed by atoms with Crippen LogP contribution in [0.5, 0.6) is 0 Å². The van der Waals surface area contributed by atoms with Crippen LogP contribution in [0.4, 0.5) is 74.6 Å². The van der Waals surface area contributed by atoms with E-state index in [1.54, 1.807) is 0 Å². The van der Waals surface area contributed by atoms with E-state index in [9.17, 15) is 74.6 Å². The lowest BCUT2D eigenvalue weighted by Crippen LogP contribution is -2.74. The van der Waals surface area contributed by atoms with E-state index in [1.165, 1.54) is 30.3 Å². The molecule has 216 valence electrons. The summed E-state index contributed by atoms with van der Waals surface area (Å²) in [7, 11) is 0. The van der Waals surface area contributed by atoms with Crippen molar-refractivity contribution in [3.05, 3.63) is 46.4 Å². The van der Waals surface area contributed by atoms with E-state index in [-0.39, 0.29) is 16.3 Å². The zero-order valence-corrected chi connectivity index (χ0v) is 19.3. The number of alkyl halides is 17. The van der Waals surface area contributed by atoms with Gasteiger partial charge in [-0.25, -0.2) is 0 Å². The summed E-state index contributed by atoms with van der Waals surface area (Å²) in [6.07, 6.45) is -11.6. The zero-order chi connectivity index (χ0) is 30.0. The molecule has 38 heavy (non-hydrogen) atoms. The van der Waals surface area contributed by atoms with Gasteiger partial charge in [0.05, 0.1) is 0 Å². The summed E-state index contributed by atoms with van der Waals surface area (Å²) in [5.74, 6) is -56.2. The van der Waals surface area contributed by atoms with Gasteiger partial charge in [0.1, 0.15) is 0 Å². The Bertz CT molecular complexity index is 1170. The van der Waals surface area contributed by atoms with Crippen molar-refractivity contribution >= 4 is 26.7 Å². The Kier molecular flexibility index (Phi) is 7.87. The standard InChI is InChI=1S/C20H10BrF17/c21-12-6-5-9(10-3-1-2-4-11(10)12)7-8-13(22,23)14(24,25)15(26,27)16(28,29)17(30,31)18(32,33)19(34,35)20(36,37)38/h1-6H,7-8H2. The predicted octanol–water partition coefficient (Wildman–Crippen LogP) is 9.54. The maximum absolute atomic E-state index is 14.2.